The average Bonchev–Trinajstić information content (AvgIpc) is 2.38. The van der Waals surface area contributed by atoms with Gasteiger partial charge < -0.3 is 15.4 Å². The van der Waals surface area contributed by atoms with Gasteiger partial charge in [-0.25, -0.2) is 0 Å². The number of benzene rings is 1. The van der Waals surface area contributed by atoms with Crippen LogP contribution >= 0.6 is 0 Å². The molecule has 0 bridgehead atoms. The van der Waals surface area contributed by atoms with E-state index in [9.17, 15) is 13.2 Å². The molecule has 0 heterocycles. The second-order valence-electron chi connectivity index (χ2n) is 3.69. The Morgan fingerprint density at radius 1 is 1.32 bits per heavy atom. The summed E-state index contributed by atoms with van der Waals surface area (Å²) < 4.78 is 41.2. The van der Waals surface area contributed by atoms with E-state index < -0.39 is 12.8 Å². The SMILES string of the molecule is CN=C(NC)NCc1ccccc1OCC(F)(F)F. The zero-order valence-electron chi connectivity index (χ0n) is 10.7. The number of nitrogens with one attached hydrogen (secondary N) is 2. The second kappa shape index (κ2) is 6.86. The lowest BCUT2D eigenvalue weighted by atomic mass is 10.2. The summed E-state index contributed by atoms with van der Waals surface area (Å²) in [6, 6.07) is 6.56. The van der Waals surface area contributed by atoms with Crippen molar-refractivity contribution in [3.63, 3.8) is 0 Å². The summed E-state index contributed by atoms with van der Waals surface area (Å²) in [5.41, 5.74) is 0.628. The van der Waals surface area contributed by atoms with E-state index in [0.29, 0.717) is 18.1 Å². The minimum Gasteiger partial charge on any atom is -0.484 e. The Kier molecular flexibility index (Phi) is 5.47. The van der Waals surface area contributed by atoms with Crippen LogP contribution in [-0.2, 0) is 6.54 Å². The Labute approximate surface area is 109 Å². The van der Waals surface area contributed by atoms with E-state index in [2.05, 4.69) is 15.6 Å². The minimum atomic E-state index is -4.35. The van der Waals surface area contributed by atoms with Gasteiger partial charge in [-0.3, -0.25) is 4.99 Å². The number of guanidine groups is 1. The molecule has 106 valence electrons. The van der Waals surface area contributed by atoms with Gasteiger partial charge in [-0.05, 0) is 6.07 Å². The fourth-order valence-corrected chi connectivity index (χ4v) is 1.41. The molecule has 0 saturated carbocycles. The monoisotopic (exact) mass is 275 g/mol. The molecule has 0 fully saturated rings. The highest BCUT2D eigenvalue weighted by molar-refractivity contribution is 5.79. The lowest BCUT2D eigenvalue weighted by Crippen LogP contribution is -2.34. The molecule has 2 N–H and O–H groups in total. The normalized spacial score (nSPS) is 12.2. The highest BCUT2D eigenvalue weighted by Gasteiger charge is 2.28. The minimum absolute atomic E-state index is 0.207. The van der Waals surface area contributed by atoms with Gasteiger partial charge in [0.1, 0.15) is 5.75 Å². The third-order valence-electron chi connectivity index (χ3n) is 2.27. The molecule has 0 amide bonds. The van der Waals surface area contributed by atoms with Gasteiger partial charge in [-0.2, -0.15) is 13.2 Å². The zero-order valence-corrected chi connectivity index (χ0v) is 10.7. The van der Waals surface area contributed by atoms with E-state index >= 15 is 0 Å². The maximum Gasteiger partial charge on any atom is 0.422 e. The van der Waals surface area contributed by atoms with E-state index in [4.69, 9.17) is 4.74 Å². The van der Waals surface area contributed by atoms with Crippen molar-refractivity contribution in [2.75, 3.05) is 20.7 Å². The van der Waals surface area contributed by atoms with Crippen molar-refractivity contribution in [2.45, 2.75) is 12.7 Å². The van der Waals surface area contributed by atoms with Crippen molar-refractivity contribution < 1.29 is 17.9 Å². The lowest BCUT2D eigenvalue weighted by Gasteiger charge is -2.14. The molecule has 0 atom stereocenters. The second-order valence-corrected chi connectivity index (χ2v) is 3.69. The van der Waals surface area contributed by atoms with Crippen LogP contribution in [0.4, 0.5) is 13.2 Å². The van der Waals surface area contributed by atoms with E-state index in [0.717, 1.165) is 0 Å². The highest BCUT2D eigenvalue weighted by Crippen LogP contribution is 2.21. The van der Waals surface area contributed by atoms with Crippen LogP contribution in [0.5, 0.6) is 5.75 Å². The van der Waals surface area contributed by atoms with Crippen LogP contribution in [0.1, 0.15) is 5.56 Å². The summed E-state index contributed by atoms with van der Waals surface area (Å²) in [6.07, 6.45) is -4.35. The van der Waals surface area contributed by atoms with Crippen molar-refractivity contribution in [1.82, 2.24) is 10.6 Å². The van der Waals surface area contributed by atoms with Gasteiger partial charge in [-0.1, -0.05) is 18.2 Å². The van der Waals surface area contributed by atoms with Gasteiger partial charge in [0.25, 0.3) is 0 Å². The molecular formula is C12H16F3N3O. The van der Waals surface area contributed by atoms with Crippen LogP contribution in [-0.4, -0.2) is 32.8 Å². The molecule has 0 saturated heterocycles. The fraction of sp³-hybridized carbons (Fsp3) is 0.417. The Morgan fingerprint density at radius 3 is 2.58 bits per heavy atom. The number of alkyl halides is 3. The van der Waals surface area contributed by atoms with Gasteiger partial charge in [0.05, 0.1) is 0 Å². The molecule has 19 heavy (non-hydrogen) atoms. The first kappa shape index (κ1) is 15.1. The molecule has 4 nitrogen and oxygen atoms in total. The van der Waals surface area contributed by atoms with Gasteiger partial charge >= 0.3 is 6.18 Å². The number of hydrogen-bond donors (Lipinski definition) is 2. The number of rotatable bonds is 4. The third-order valence-corrected chi connectivity index (χ3v) is 2.27. The van der Waals surface area contributed by atoms with E-state index in [1.54, 1.807) is 32.3 Å². The van der Waals surface area contributed by atoms with Crippen LogP contribution in [0.3, 0.4) is 0 Å². The van der Waals surface area contributed by atoms with Crippen LogP contribution in [0.15, 0.2) is 29.3 Å². The average molecular weight is 275 g/mol. The molecule has 0 unspecified atom stereocenters. The molecule has 1 aromatic carbocycles. The first-order valence-electron chi connectivity index (χ1n) is 5.62. The van der Waals surface area contributed by atoms with Gasteiger partial charge in [0.2, 0.25) is 0 Å². The standard InChI is InChI=1S/C12H16F3N3O/c1-16-11(17-2)18-7-9-5-3-4-6-10(9)19-8-12(13,14)15/h3-6H,7-8H2,1-2H3,(H2,16,17,18). The number of nitrogens with zero attached hydrogens (tertiary/aromatic N) is 1. The largest absolute Gasteiger partial charge is 0.484 e. The number of ether oxygens (including phenoxy) is 1. The van der Waals surface area contributed by atoms with E-state index in [1.165, 1.54) is 6.07 Å². The van der Waals surface area contributed by atoms with Crippen LogP contribution < -0.4 is 15.4 Å². The van der Waals surface area contributed by atoms with Crippen LogP contribution in [0.2, 0.25) is 0 Å². The Balaban J connectivity index is 2.68. The highest BCUT2D eigenvalue weighted by atomic mass is 19.4. The first-order valence-corrected chi connectivity index (χ1v) is 5.62. The Bertz CT molecular complexity index is 432. The van der Waals surface area contributed by atoms with Crippen LogP contribution in [0, 0.1) is 0 Å². The lowest BCUT2D eigenvalue weighted by molar-refractivity contribution is -0.153. The molecule has 0 aromatic heterocycles. The topological polar surface area (TPSA) is 45.7 Å². The van der Waals surface area contributed by atoms with E-state index in [-0.39, 0.29) is 5.75 Å². The fourth-order valence-electron chi connectivity index (χ4n) is 1.41. The number of hydrogen-bond acceptors (Lipinski definition) is 2. The predicted molar refractivity (Wildman–Crippen MR) is 67.3 cm³/mol. The predicted octanol–water partition coefficient (Wildman–Crippen LogP) is 1.92. The quantitative estimate of drug-likeness (QED) is 0.652. The number of aliphatic imine (C=N–C) groups is 1. The molecule has 1 aromatic rings. The summed E-state index contributed by atoms with van der Waals surface area (Å²) in [7, 11) is 3.30. The first-order chi connectivity index (χ1) is 8.96. The van der Waals surface area contributed by atoms with Crippen molar-refractivity contribution in [1.29, 1.82) is 0 Å². The molecule has 0 aliphatic carbocycles. The summed E-state index contributed by atoms with van der Waals surface area (Å²) in [4.78, 5) is 3.91. The van der Waals surface area contributed by atoms with Crippen LogP contribution in [0.25, 0.3) is 0 Å². The van der Waals surface area contributed by atoms with Crippen molar-refractivity contribution in [3.8, 4) is 5.75 Å². The molecule has 7 heteroatoms. The zero-order chi connectivity index (χ0) is 14.3. The molecule has 0 spiro atoms. The van der Waals surface area contributed by atoms with Gasteiger partial charge in [-0.15, -0.1) is 0 Å². The maximum atomic E-state index is 12.1. The van der Waals surface area contributed by atoms with Gasteiger partial charge in [0.15, 0.2) is 12.6 Å². The summed E-state index contributed by atoms with van der Waals surface area (Å²) in [6.45, 7) is -0.980. The van der Waals surface area contributed by atoms with Crippen molar-refractivity contribution >= 4 is 5.96 Å². The Hall–Kier alpha value is -1.92. The number of halogens is 3. The molecular weight excluding hydrogens is 259 g/mol. The third kappa shape index (κ3) is 5.50. The van der Waals surface area contributed by atoms with Crippen molar-refractivity contribution in [3.05, 3.63) is 29.8 Å². The number of para-hydroxylation sites is 1. The summed E-state index contributed by atoms with van der Waals surface area (Å²) in [5, 5.41) is 5.77. The Morgan fingerprint density at radius 2 is 2.00 bits per heavy atom. The molecule has 0 aliphatic rings. The molecule has 0 radical (unpaired) electrons. The maximum absolute atomic E-state index is 12.1. The summed E-state index contributed by atoms with van der Waals surface area (Å²) >= 11 is 0. The van der Waals surface area contributed by atoms with Crippen molar-refractivity contribution in [2.24, 2.45) is 4.99 Å². The van der Waals surface area contributed by atoms with E-state index in [1.807, 2.05) is 0 Å². The molecule has 1 rings (SSSR count). The molecule has 0 aliphatic heterocycles. The summed E-state index contributed by atoms with van der Waals surface area (Å²) in [5.74, 6) is 0.754. The smallest absolute Gasteiger partial charge is 0.422 e. The van der Waals surface area contributed by atoms with Gasteiger partial charge in [0, 0.05) is 26.2 Å².